The van der Waals surface area contributed by atoms with Crippen molar-refractivity contribution < 1.29 is 4.74 Å². The van der Waals surface area contributed by atoms with E-state index in [1.54, 1.807) is 18.4 Å². The minimum Gasteiger partial charge on any atom is -0.497 e. The molecule has 0 N–H and O–H groups in total. The molecular formula is C44H31N3OS. The van der Waals surface area contributed by atoms with E-state index in [1.807, 2.05) is 12.1 Å². The largest absolute Gasteiger partial charge is 0.497 e. The number of imidazole rings is 1. The molecule has 2 aromatic heterocycles. The number of anilines is 3. The number of rotatable bonds is 7. The minimum atomic E-state index is 0.824. The molecule has 0 aliphatic rings. The molecule has 0 bridgehead atoms. The number of ether oxygens (including phenoxy) is 1. The Morgan fingerprint density at radius 1 is 0.510 bits per heavy atom. The zero-order valence-electron chi connectivity index (χ0n) is 26.8. The Hall–Kier alpha value is -6.17. The summed E-state index contributed by atoms with van der Waals surface area (Å²) in [5, 5.41) is 4.76. The predicted molar refractivity (Wildman–Crippen MR) is 206 cm³/mol. The Kier molecular flexibility index (Phi) is 7.18. The van der Waals surface area contributed by atoms with Gasteiger partial charge in [-0.2, -0.15) is 0 Å². The summed E-state index contributed by atoms with van der Waals surface area (Å²) >= 11 is 1.77. The molecule has 0 fully saturated rings. The topological polar surface area (TPSA) is 30.3 Å². The number of aromatic nitrogens is 2. The van der Waals surface area contributed by atoms with Crippen molar-refractivity contribution in [2.24, 2.45) is 0 Å². The lowest BCUT2D eigenvalue weighted by Crippen LogP contribution is -2.09. The van der Waals surface area contributed by atoms with Crippen LogP contribution in [0.5, 0.6) is 5.75 Å². The Labute approximate surface area is 288 Å². The maximum Gasteiger partial charge on any atom is 0.155 e. The van der Waals surface area contributed by atoms with E-state index in [0.29, 0.717) is 0 Å². The smallest absolute Gasteiger partial charge is 0.155 e. The Balaban J connectivity index is 1.18. The third kappa shape index (κ3) is 5.03. The van der Waals surface area contributed by atoms with Crippen LogP contribution in [-0.2, 0) is 0 Å². The van der Waals surface area contributed by atoms with Crippen LogP contribution in [0.1, 0.15) is 0 Å². The Morgan fingerprint density at radius 3 is 1.67 bits per heavy atom. The highest BCUT2D eigenvalue weighted by atomic mass is 32.1. The van der Waals surface area contributed by atoms with E-state index in [2.05, 4.69) is 167 Å². The monoisotopic (exact) mass is 649 g/mol. The number of benzene rings is 7. The summed E-state index contributed by atoms with van der Waals surface area (Å²) in [5.41, 5.74) is 7.67. The van der Waals surface area contributed by atoms with Crippen molar-refractivity contribution in [1.82, 2.24) is 9.55 Å². The average Bonchev–Trinajstić information content (AvgIpc) is 3.83. The molecule has 0 saturated heterocycles. The lowest BCUT2D eigenvalue weighted by atomic mass is 10.00. The first-order valence-electron chi connectivity index (χ1n) is 16.3. The second kappa shape index (κ2) is 12.1. The highest BCUT2D eigenvalue weighted by Gasteiger charge is 2.21. The van der Waals surface area contributed by atoms with Gasteiger partial charge in [-0.3, -0.25) is 4.57 Å². The van der Waals surface area contributed by atoms with Gasteiger partial charge in [0.05, 0.1) is 23.0 Å². The van der Waals surface area contributed by atoms with Gasteiger partial charge in [-0.15, -0.1) is 11.3 Å². The van der Waals surface area contributed by atoms with Gasteiger partial charge >= 0.3 is 0 Å². The maximum atomic E-state index is 5.52. The number of para-hydroxylation sites is 2. The van der Waals surface area contributed by atoms with Crippen molar-refractivity contribution in [2.75, 3.05) is 12.0 Å². The molecule has 7 aromatic carbocycles. The molecule has 5 heteroatoms. The molecular weight excluding hydrogens is 619 g/mol. The highest BCUT2D eigenvalue weighted by Crippen LogP contribution is 2.43. The minimum absolute atomic E-state index is 0.824. The lowest BCUT2D eigenvalue weighted by molar-refractivity contribution is 0.415. The number of hydrogen-bond acceptors (Lipinski definition) is 4. The fourth-order valence-corrected chi connectivity index (χ4v) is 7.83. The van der Waals surface area contributed by atoms with Crippen molar-refractivity contribution in [2.45, 2.75) is 0 Å². The Bertz CT molecular complexity index is 2530. The van der Waals surface area contributed by atoms with Crippen LogP contribution >= 0.6 is 11.3 Å². The van der Waals surface area contributed by atoms with Gasteiger partial charge in [-0.25, -0.2) is 4.98 Å². The van der Waals surface area contributed by atoms with Crippen LogP contribution in [0.4, 0.5) is 17.1 Å². The van der Waals surface area contributed by atoms with Crippen molar-refractivity contribution in [1.29, 1.82) is 0 Å². The molecule has 49 heavy (non-hydrogen) atoms. The fourth-order valence-electron chi connectivity index (χ4n) is 6.84. The van der Waals surface area contributed by atoms with Crippen molar-refractivity contribution in [3.8, 4) is 32.6 Å². The van der Waals surface area contributed by atoms with Gasteiger partial charge in [0.1, 0.15) is 5.75 Å². The molecule has 234 valence electrons. The summed E-state index contributed by atoms with van der Waals surface area (Å²) in [6.07, 6.45) is 0. The quantitative estimate of drug-likeness (QED) is 0.161. The first-order chi connectivity index (χ1) is 24.3. The summed E-state index contributed by atoms with van der Waals surface area (Å²) in [7, 11) is 1.70. The molecule has 0 amide bonds. The molecule has 2 heterocycles. The number of thiophene rings is 1. The summed E-state index contributed by atoms with van der Waals surface area (Å²) in [4.78, 5) is 10.0. The number of hydrogen-bond donors (Lipinski definition) is 0. The fraction of sp³-hybridized carbons (Fsp3) is 0.0227. The van der Waals surface area contributed by atoms with E-state index in [9.17, 15) is 0 Å². The zero-order chi connectivity index (χ0) is 32.7. The third-order valence-electron chi connectivity index (χ3n) is 9.13. The second-order valence-electron chi connectivity index (χ2n) is 12.0. The van der Waals surface area contributed by atoms with Crippen LogP contribution in [0, 0.1) is 0 Å². The SMILES string of the molecule is COc1ccc(-n2c(-c3ccc(-c4ccc(N(c5ccccc5)c5ccccc5)cc4)s3)nc3c4ccccc4c4ccccc4c32)cc1. The van der Waals surface area contributed by atoms with Crippen LogP contribution in [0.3, 0.4) is 0 Å². The van der Waals surface area contributed by atoms with Crippen molar-refractivity contribution >= 4 is 61.0 Å². The molecule has 0 aliphatic carbocycles. The van der Waals surface area contributed by atoms with Crippen LogP contribution < -0.4 is 9.64 Å². The van der Waals surface area contributed by atoms with Crippen molar-refractivity contribution in [3.05, 3.63) is 170 Å². The van der Waals surface area contributed by atoms with Gasteiger partial charge in [0.15, 0.2) is 5.82 Å². The van der Waals surface area contributed by atoms with E-state index in [-0.39, 0.29) is 0 Å². The normalized spacial score (nSPS) is 11.4. The highest BCUT2D eigenvalue weighted by molar-refractivity contribution is 7.18. The van der Waals surface area contributed by atoms with Gasteiger partial charge in [-0.05, 0) is 89.1 Å². The third-order valence-corrected chi connectivity index (χ3v) is 10.3. The van der Waals surface area contributed by atoms with E-state index < -0.39 is 0 Å². The molecule has 9 rings (SSSR count). The van der Waals surface area contributed by atoms with E-state index in [4.69, 9.17) is 9.72 Å². The van der Waals surface area contributed by atoms with Gasteiger partial charge in [0, 0.05) is 38.4 Å². The van der Waals surface area contributed by atoms with Gasteiger partial charge in [0.25, 0.3) is 0 Å². The predicted octanol–water partition coefficient (Wildman–Crippen LogP) is 12.2. The molecule has 0 spiro atoms. The van der Waals surface area contributed by atoms with Gasteiger partial charge in [0.2, 0.25) is 0 Å². The second-order valence-corrected chi connectivity index (χ2v) is 13.1. The van der Waals surface area contributed by atoms with Crippen LogP contribution in [-0.4, -0.2) is 16.7 Å². The lowest BCUT2D eigenvalue weighted by Gasteiger charge is -2.25. The number of fused-ring (bicyclic) bond motifs is 6. The summed E-state index contributed by atoms with van der Waals surface area (Å²) in [6.45, 7) is 0. The molecule has 0 unspecified atom stereocenters. The van der Waals surface area contributed by atoms with E-state index in [0.717, 1.165) is 55.6 Å². The summed E-state index contributed by atoms with van der Waals surface area (Å²) < 4.78 is 7.84. The molecule has 4 nitrogen and oxygen atoms in total. The Morgan fingerprint density at radius 2 is 1.04 bits per heavy atom. The van der Waals surface area contributed by atoms with E-state index in [1.165, 1.54) is 26.6 Å². The maximum absolute atomic E-state index is 5.52. The number of nitrogens with zero attached hydrogens (tertiary/aromatic N) is 3. The zero-order valence-corrected chi connectivity index (χ0v) is 27.6. The summed E-state index contributed by atoms with van der Waals surface area (Å²) in [5.74, 6) is 1.75. The first kappa shape index (κ1) is 29.0. The molecule has 9 aromatic rings. The average molecular weight is 650 g/mol. The summed E-state index contributed by atoms with van der Waals surface area (Å²) in [6, 6.07) is 59.8. The molecule has 0 radical (unpaired) electrons. The van der Waals surface area contributed by atoms with Gasteiger partial charge in [-0.1, -0.05) is 97.1 Å². The van der Waals surface area contributed by atoms with Crippen LogP contribution in [0.25, 0.3) is 59.4 Å². The standard InChI is InChI=1S/C44H31N3OS/c1-48-35-26-24-34(25-27-35)47-43-39-19-11-9-17-37(39)36-16-8-10-18-38(36)42(43)45-44(47)41-29-28-40(49-41)30-20-22-33(23-21-30)46(31-12-4-2-5-13-31)32-14-6-3-7-15-32/h2-29H,1H3. The van der Waals surface area contributed by atoms with Gasteiger partial charge < -0.3 is 9.64 Å². The van der Waals surface area contributed by atoms with Crippen LogP contribution in [0.15, 0.2) is 170 Å². The van der Waals surface area contributed by atoms with Crippen molar-refractivity contribution in [3.63, 3.8) is 0 Å². The molecule has 0 atom stereocenters. The van der Waals surface area contributed by atoms with E-state index >= 15 is 0 Å². The van der Waals surface area contributed by atoms with Crippen LogP contribution in [0.2, 0.25) is 0 Å². The molecule has 0 aliphatic heterocycles. The number of methoxy groups -OCH3 is 1. The molecule has 0 saturated carbocycles. The first-order valence-corrected chi connectivity index (χ1v) is 17.2.